The Bertz CT molecular complexity index is 1500. The standard InChI is InChI=1S/C31H26ClNO3S/c1-31(2)17-23(34)26(24(35)18-31)29-25(19-9-5-3-6-10-19)27(28(36)20-11-7-4-8-12-20)30(37-29)33-22-15-13-21(32)14-16-22/h3-16,33-34H,17-18H2,1-2H3. The number of allylic oxidation sites excluding steroid dienone is 2. The Balaban J connectivity index is 1.79. The number of rotatable bonds is 6. The first-order chi connectivity index (χ1) is 17.7. The van der Waals surface area contributed by atoms with Gasteiger partial charge in [0.25, 0.3) is 0 Å². The molecule has 37 heavy (non-hydrogen) atoms. The largest absolute Gasteiger partial charge is 0.511 e. The Morgan fingerprint density at radius 2 is 1.54 bits per heavy atom. The second kappa shape index (κ2) is 10.0. The molecule has 0 unspecified atom stereocenters. The number of anilines is 2. The van der Waals surface area contributed by atoms with Crippen LogP contribution in [0.5, 0.6) is 0 Å². The minimum absolute atomic E-state index is 0.0661. The molecule has 0 bridgehead atoms. The zero-order valence-corrected chi connectivity index (χ0v) is 22.1. The number of hydrogen-bond acceptors (Lipinski definition) is 5. The topological polar surface area (TPSA) is 66.4 Å². The van der Waals surface area contributed by atoms with E-state index in [-0.39, 0.29) is 22.7 Å². The lowest BCUT2D eigenvalue weighted by atomic mass is 9.75. The monoisotopic (exact) mass is 527 g/mol. The predicted molar refractivity (Wildman–Crippen MR) is 152 cm³/mol. The lowest BCUT2D eigenvalue weighted by Gasteiger charge is -2.29. The molecule has 6 heteroatoms. The highest BCUT2D eigenvalue weighted by molar-refractivity contribution is 7.18. The summed E-state index contributed by atoms with van der Waals surface area (Å²) in [5.74, 6) is -0.220. The fraction of sp³-hybridized carbons (Fsp3) is 0.161. The molecule has 1 heterocycles. The summed E-state index contributed by atoms with van der Waals surface area (Å²) in [6, 6.07) is 25.9. The second-order valence-corrected chi connectivity index (χ2v) is 11.4. The summed E-state index contributed by atoms with van der Waals surface area (Å²) in [7, 11) is 0. The van der Waals surface area contributed by atoms with E-state index in [0.29, 0.717) is 50.0 Å². The lowest BCUT2D eigenvalue weighted by Crippen LogP contribution is -2.25. The second-order valence-electron chi connectivity index (χ2n) is 9.97. The first-order valence-electron chi connectivity index (χ1n) is 12.0. The maximum Gasteiger partial charge on any atom is 0.196 e. The van der Waals surface area contributed by atoms with Gasteiger partial charge in [-0.3, -0.25) is 9.59 Å². The maximum absolute atomic E-state index is 14.0. The average molecular weight is 528 g/mol. The molecule has 2 N–H and O–H groups in total. The third kappa shape index (κ3) is 5.10. The summed E-state index contributed by atoms with van der Waals surface area (Å²) < 4.78 is 0. The molecule has 0 amide bonds. The van der Waals surface area contributed by atoms with E-state index >= 15 is 0 Å². The normalized spacial score (nSPS) is 15.1. The molecule has 0 saturated carbocycles. The molecule has 4 nitrogen and oxygen atoms in total. The summed E-state index contributed by atoms with van der Waals surface area (Å²) in [4.78, 5) is 28.1. The van der Waals surface area contributed by atoms with Crippen LogP contribution in [0.3, 0.4) is 0 Å². The molecule has 0 radical (unpaired) electrons. The van der Waals surface area contributed by atoms with Gasteiger partial charge in [-0.25, -0.2) is 0 Å². The van der Waals surface area contributed by atoms with Crippen molar-refractivity contribution in [3.63, 3.8) is 0 Å². The molecule has 3 aromatic carbocycles. The van der Waals surface area contributed by atoms with Crippen molar-refractivity contribution in [3.8, 4) is 11.1 Å². The van der Waals surface area contributed by atoms with Gasteiger partial charge in [-0.2, -0.15) is 0 Å². The summed E-state index contributed by atoms with van der Waals surface area (Å²) in [6.45, 7) is 3.95. The van der Waals surface area contributed by atoms with E-state index in [9.17, 15) is 14.7 Å². The summed E-state index contributed by atoms with van der Waals surface area (Å²) in [5.41, 5.74) is 3.17. The van der Waals surface area contributed by atoms with Crippen LogP contribution in [0, 0.1) is 5.41 Å². The molecule has 0 aliphatic heterocycles. The number of Topliss-reactive ketones (excluding diaryl/α,β-unsaturated/α-hetero) is 1. The zero-order valence-electron chi connectivity index (χ0n) is 20.5. The zero-order chi connectivity index (χ0) is 26.2. The van der Waals surface area contributed by atoms with Crippen molar-refractivity contribution in [2.45, 2.75) is 26.7 Å². The third-order valence-electron chi connectivity index (χ3n) is 6.42. The van der Waals surface area contributed by atoms with Gasteiger partial charge in [-0.05, 0) is 35.2 Å². The van der Waals surface area contributed by atoms with Crippen molar-refractivity contribution in [2.75, 3.05) is 5.32 Å². The van der Waals surface area contributed by atoms with E-state index < -0.39 is 0 Å². The third-order valence-corrected chi connectivity index (χ3v) is 7.79. The molecule has 0 spiro atoms. The molecular formula is C31H26ClNO3S. The van der Waals surface area contributed by atoms with Gasteiger partial charge in [0.2, 0.25) is 0 Å². The van der Waals surface area contributed by atoms with Crippen LogP contribution in [0.25, 0.3) is 16.7 Å². The molecule has 0 atom stereocenters. The van der Waals surface area contributed by atoms with Crippen molar-refractivity contribution in [1.29, 1.82) is 0 Å². The Hall–Kier alpha value is -3.67. The van der Waals surface area contributed by atoms with E-state index in [1.807, 2.05) is 74.5 Å². The summed E-state index contributed by atoms with van der Waals surface area (Å²) in [5, 5.41) is 15.7. The van der Waals surface area contributed by atoms with Crippen molar-refractivity contribution in [1.82, 2.24) is 0 Å². The highest BCUT2D eigenvalue weighted by Crippen LogP contribution is 2.49. The number of carbonyl (C=O) groups excluding carboxylic acids is 2. The Kier molecular flexibility index (Phi) is 6.76. The van der Waals surface area contributed by atoms with Crippen LogP contribution < -0.4 is 5.32 Å². The van der Waals surface area contributed by atoms with Gasteiger partial charge >= 0.3 is 0 Å². The van der Waals surface area contributed by atoms with Gasteiger partial charge in [0.1, 0.15) is 10.8 Å². The molecular weight excluding hydrogens is 502 g/mol. The van der Waals surface area contributed by atoms with Crippen molar-refractivity contribution < 1.29 is 14.7 Å². The molecule has 0 saturated heterocycles. The van der Waals surface area contributed by atoms with Gasteiger partial charge in [0.15, 0.2) is 11.6 Å². The van der Waals surface area contributed by atoms with Crippen LogP contribution in [0.15, 0.2) is 90.7 Å². The van der Waals surface area contributed by atoms with Crippen LogP contribution in [-0.2, 0) is 4.79 Å². The molecule has 0 fully saturated rings. The Morgan fingerprint density at radius 3 is 2.16 bits per heavy atom. The van der Waals surface area contributed by atoms with E-state index in [1.165, 1.54) is 11.3 Å². The van der Waals surface area contributed by atoms with Crippen LogP contribution in [0.1, 0.15) is 47.5 Å². The number of ketones is 2. The fourth-order valence-corrected chi connectivity index (χ4v) is 6.19. The molecule has 1 aliphatic rings. The maximum atomic E-state index is 14.0. The van der Waals surface area contributed by atoms with Gasteiger partial charge < -0.3 is 10.4 Å². The van der Waals surface area contributed by atoms with Crippen molar-refractivity contribution >= 4 is 50.8 Å². The Morgan fingerprint density at radius 1 is 0.919 bits per heavy atom. The minimum atomic E-state index is -0.331. The summed E-state index contributed by atoms with van der Waals surface area (Å²) >= 11 is 7.41. The first-order valence-corrected chi connectivity index (χ1v) is 13.2. The summed E-state index contributed by atoms with van der Waals surface area (Å²) in [6.07, 6.45) is 0.711. The quantitative estimate of drug-likeness (QED) is 0.246. The van der Waals surface area contributed by atoms with Gasteiger partial charge in [-0.15, -0.1) is 11.3 Å². The van der Waals surface area contributed by atoms with Crippen LogP contribution in [0.2, 0.25) is 5.02 Å². The van der Waals surface area contributed by atoms with Crippen LogP contribution in [0.4, 0.5) is 10.7 Å². The Labute approximate surface area is 225 Å². The van der Waals surface area contributed by atoms with Crippen LogP contribution in [-0.4, -0.2) is 16.7 Å². The minimum Gasteiger partial charge on any atom is -0.511 e. The number of hydrogen-bond donors (Lipinski definition) is 2. The number of nitrogens with one attached hydrogen (secondary N) is 1. The fourth-order valence-electron chi connectivity index (χ4n) is 4.74. The first kappa shape index (κ1) is 25.0. The molecule has 186 valence electrons. The van der Waals surface area contributed by atoms with E-state index in [2.05, 4.69) is 5.32 Å². The molecule has 1 aromatic heterocycles. The van der Waals surface area contributed by atoms with Gasteiger partial charge in [0, 0.05) is 34.7 Å². The van der Waals surface area contributed by atoms with E-state index in [0.717, 1.165) is 11.3 Å². The highest BCUT2D eigenvalue weighted by Gasteiger charge is 2.37. The number of aliphatic hydroxyl groups excluding tert-OH is 1. The number of benzene rings is 3. The van der Waals surface area contributed by atoms with Gasteiger partial charge in [0.05, 0.1) is 16.0 Å². The number of thiophene rings is 1. The van der Waals surface area contributed by atoms with Crippen molar-refractivity contribution in [3.05, 3.63) is 112 Å². The highest BCUT2D eigenvalue weighted by atomic mass is 35.5. The average Bonchev–Trinajstić information content (AvgIpc) is 3.23. The predicted octanol–water partition coefficient (Wildman–Crippen LogP) is 8.70. The van der Waals surface area contributed by atoms with Crippen molar-refractivity contribution in [2.24, 2.45) is 5.41 Å². The molecule has 5 rings (SSSR count). The number of halogens is 1. The number of aliphatic hydroxyl groups is 1. The van der Waals surface area contributed by atoms with E-state index in [4.69, 9.17) is 11.6 Å². The number of carbonyl (C=O) groups is 2. The smallest absolute Gasteiger partial charge is 0.196 e. The van der Waals surface area contributed by atoms with Crippen LogP contribution >= 0.6 is 22.9 Å². The molecule has 4 aromatic rings. The lowest BCUT2D eigenvalue weighted by molar-refractivity contribution is -0.116. The molecule has 1 aliphatic carbocycles. The van der Waals surface area contributed by atoms with Gasteiger partial charge in [-0.1, -0.05) is 86.1 Å². The SMILES string of the molecule is CC1(C)CC(=O)C(c2sc(Nc3ccc(Cl)cc3)c(C(=O)c3ccccc3)c2-c2ccccc2)=C(O)C1. The van der Waals surface area contributed by atoms with E-state index in [1.54, 1.807) is 24.3 Å².